The Kier molecular flexibility index (Phi) is 9.66. The predicted octanol–water partition coefficient (Wildman–Crippen LogP) is 6.44. The van der Waals surface area contributed by atoms with E-state index in [1.165, 1.54) is 17.0 Å². The fourth-order valence-electron chi connectivity index (χ4n) is 5.78. The van der Waals surface area contributed by atoms with Crippen molar-refractivity contribution in [2.75, 3.05) is 52.6 Å². The van der Waals surface area contributed by atoms with Gasteiger partial charge in [-0.3, -0.25) is 4.79 Å². The van der Waals surface area contributed by atoms with Crippen molar-refractivity contribution >= 4 is 23.7 Å². The lowest BCUT2D eigenvalue weighted by Crippen LogP contribution is -2.47. The summed E-state index contributed by atoms with van der Waals surface area (Å²) in [6.07, 6.45) is -2.72. The second kappa shape index (κ2) is 13.4. The molecule has 0 spiro atoms. The number of amides is 3. The first-order valence-corrected chi connectivity index (χ1v) is 15.6. The maximum atomic E-state index is 13.4. The maximum Gasteiger partial charge on any atom is 0.416 e. The van der Waals surface area contributed by atoms with Crippen LogP contribution in [0.3, 0.4) is 0 Å². The van der Waals surface area contributed by atoms with Crippen molar-refractivity contribution in [2.24, 2.45) is 0 Å². The number of carbonyl (C=O) groups excluding carboxylic acids is 2. The molecule has 0 aliphatic carbocycles. The molecule has 10 heteroatoms. The Hall–Kier alpha value is -3.50. The van der Waals surface area contributed by atoms with Crippen molar-refractivity contribution in [1.29, 1.82) is 0 Å². The smallest absolute Gasteiger partial charge is 0.337 e. The number of urea groups is 1. The van der Waals surface area contributed by atoms with E-state index < -0.39 is 11.7 Å². The highest BCUT2D eigenvalue weighted by Crippen LogP contribution is 2.31. The van der Waals surface area contributed by atoms with Gasteiger partial charge in [0.05, 0.1) is 11.6 Å². The lowest BCUT2D eigenvalue weighted by atomic mass is 10.0. The van der Waals surface area contributed by atoms with E-state index in [0.717, 1.165) is 49.5 Å². The van der Waals surface area contributed by atoms with Crippen molar-refractivity contribution in [1.82, 2.24) is 19.6 Å². The molecule has 1 unspecified atom stereocenters. The van der Waals surface area contributed by atoms with Gasteiger partial charge < -0.3 is 19.6 Å². The number of halogens is 3. The van der Waals surface area contributed by atoms with E-state index in [-0.39, 0.29) is 24.0 Å². The molecule has 0 saturated carbocycles. The summed E-state index contributed by atoms with van der Waals surface area (Å²) < 4.78 is 38.6. The minimum absolute atomic E-state index is 0.00903. The van der Waals surface area contributed by atoms with E-state index in [1.54, 1.807) is 36.2 Å². The summed E-state index contributed by atoms with van der Waals surface area (Å²) in [5.74, 6) is 0.867. The van der Waals surface area contributed by atoms with Gasteiger partial charge in [0.1, 0.15) is 0 Å². The van der Waals surface area contributed by atoms with Crippen LogP contribution in [0.25, 0.3) is 11.1 Å². The molecule has 0 aromatic heterocycles. The van der Waals surface area contributed by atoms with Crippen LogP contribution in [0.1, 0.15) is 28.8 Å². The van der Waals surface area contributed by atoms with Crippen molar-refractivity contribution in [2.45, 2.75) is 36.0 Å². The Bertz CT molecular complexity index is 1390. The largest absolute Gasteiger partial charge is 0.416 e. The number of hydrogen-bond donors (Lipinski definition) is 0. The molecule has 3 amide bonds. The van der Waals surface area contributed by atoms with Gasteiger partial charge >= 0.3 is 12.2 Å². The molecule has 2 aliphatic heterocycles. The molecule has 0 N–H and O–H groups in total. The summed E-state index contributed by atoms with van der Waals surface area (Å²) in [6, 6.07) is 22.3. The van der Waals surface area contributed by atoms with Crippen LogP contribution in [0.15, 0.2) is 83.8 Å². The Morgan fingerprint density at radius 1 is 0.814 bits per heavy atom. The molecule has 2 aliphatic rings. The zero-order valence-corrected chi connectivity index (χ0v) is 25.3. The highest BCUT2D eigenvalue weighted by atomic mass is 32.2. The molecule has 2 heterocycles. The van der Waals surface area contributed by atoms with Crippen molar-refractivity contribution in [3.05, 3.63) is 90.0 Å². The maximum absolute atomic E-state index is 13.4. The van der Waals surface area contributed by atoms with Crippen molar-refractivity contribution in [3.8, 4) is 11.1 Å². The number of thioether (sulfide) groups is 1. The number of likely N-dealkylation sites (tertiary alicyclic amines) is 2. The van der Waals surface area contributed by atoms with Crippen LogP contribution < -0.4 is 0 Å². The van der Waals surface area contributed by atoms with Crippen molar-refractivity contribution < 1.29 is 22.8 Å². The second-order valence-electron chi connectivity index (χ2n) is 11.3. The molecule has 2 fully saturated rings. The van der Waals surface area contributed by atoms with Crippen LogP contribution >= 0.6 is 11.8 Å². The van der Waals surface area contributed by atoms with E-state index in [0.29, 0.717) is 30.6 Å². The summed E-state index contributed by atoms with van der Waals surface area (Å²) in [4.78, 5) is 35.7. The first kappa shape index (κ1) is 30.9. The highest BCUT2D eigenvalue weighted by molar-refractivity contribution is 7.99. The lowest BCUT2D eigenvalue weighted by molar-refractivity contribution is -0.137. The molecule has 228 valence electrons. The zero-order valence-electron chi connectivity index (χ0n) is 24.5. The van der Waals surface area contributed by atoms with Crippen LogP contribution in [0.4, 0.5) is 18.0 Å². The van der Waals surface area contributed by atoms with Crippen LogP contribution in [0.2, 0.25) is 0 Å². The fraction of sp³-hybridized carbons (Fsp3) is 0.394. The zero-order chi connectivity index (χ0) is 30.6. The van der Waals surface area contributed by atoms with Crippen LogP contribution in [-0.2, 0) is 6.18 Å². The summed E-state index contributed by atoms with van der Waals surface area (Å²) in [7, 11) is 3.65. The fourth-order valence-corrected chi connectivity index (χ4v) is 6.71. The van der Waals surface area contributed by atoms with Gasteiger partial charge in [-0.15, -0.1) is 11.8 Å². The van der Waals surface area contributed by atoms with Gasteiger partial charge in [-0.2, -0.15) is 13.2 Å². The molecule has 0 bridgehead atoms. The molecule has 0 radical (unpaired) electrons. The topological polar surface area (TPSA) is 47.1 Å². The number of rotatable bonds is 8. The van der Waals surface area contributed by atoms with E-state index in [1.807, 2.05) is 34.7 Å². The summed E-state index contributed by atoms with van der Waals surface area (Å²) in [5, 5.41) is 0. The number of likely N-dealkylation sites (N-methyl/N-ethyl adjacent to an activating group) is 2. The average Bonchev–Trinajstić information content (AvgIpc) is 3.71. The van der Waals surface area contributed by atoms with Crippen LogP contribution in [0.5, 0.6) is 0 Å². The molecular weight excluding hydrogens is 573 g/mol. The third-order valence-electron chi connectivity index (χ3n) is 8.50. The molecule has 3 aromatic carbocycles. The molecule has 2 saturated heterocycles. The highest BCUT2D eigenvalue weighted by Gasteiger charge is 2.36. The van der Waals surface area contributed by atoms with Gasteiger partial charge in [-0.25, -0.2) is 4.79 Å². The second-order valence-corrected chi connectivity index (χ2v) is 12.4. The lowest BCUT2D eigenvalue weighted by Gasteiger charge is -2.30. The molecule has 2 atom stereocenters. The van der Waals surface area contributed by atoms with Crippen molar-refractivity contribution in [3.63, 3.8) is 0 Å². The normalized spacial score (nSPS) is 19.0. The molecular formula is C33H37F3N4O2S. The third kappa shape index (κ3) is 7.54. The van der Waals surface area contributed by atoms with Gasteiger partial charge in [-0.05, 0) is 60.4 Å². The van der Waals surface area contributed by atoms with Gasteiger partial charge in [0, 0.05) is 69.1 Å². The van der Waals surface area contributed by atoms with E-state index in [9.17, 15) is 22.8 Å². The summed E-state index contributed by atoms with van der Waals surface area (Å²) in [5.41, 5.74) is 1.18. The van der Waals surface area contributed by atoms with E-state index in [2.05, 4.69) is 29.2 Å². The number of benzene rings is 3. The minimum atomic E-state index is -4.38. The SMILES string of the molecule is CN(C(=O)N1CC[C@H](N(C)C(=O)c2ccc(-c3ccc(C(F)(F)F)cc3)cc2)C1)C1CCN(CCSc2ccccc2)C1. The van der Waals surface area contributed by atoms with Crippen LogP contribution in [-0.4, -0.2) is 96.2 Å². The number of hydrogen-bond acceptors (Lipinski definition) is 4. The Labute approximate surface area is 255 Å². The van der Waals surface area contributed by atoms with E-state index >= 15 is 0 Å². The monoisotopic (exact) mass is 610 g/mol. The van der Waals surface area contributed by atoms with Gasteiger partial charge in [0.25, 0.3) is 5.91 Å². The molecule has 5 rings (SSSR count). The molecule has 3 aromatic rings. The van der Waals surface area contributed by atoms with Crippen LogP contribution in [0, 0.1) is 0 Å². The van der Waals surface area contributed by atoms with E-state index in [4.69, 9.17) is 0 Å². The number of carbonyl (C=O) groups is 2. The first-order valence-electron chi connectivity index (χ1n) is 14.6. The minimum Gasteiger partial charge on any atom is -0.337 e. The predicted molar refractivity (Wildman–Crippen MR) is 164 cm³/mol. The number of alkyl halides is 3. The van der Waals surface area contributed by atoms with Gasteiger partial charge in [0.15, 0.2) is 0 Å². The number of nitrogens with zero attached hydrogens (tertiary/aromatic N) is 4. The Balaban J connectivity index is 1.09. The summed E-state index contributed by atoms with van der Waals surface area (Å²) >= 11 is 1.85. The summed E-state index contributed by atoms with van der Waals surface area (Å²) in [6.45, 7) is 3.93. The molecule has 6 nitrogen and oxygen atoms in total. The Morgan fingerprint density at radius 2 is 1.42 bits per heavy atom. The standard InChI is InChI=1S/C33H37F3N4O2S/c1-37(31(41)26-10-8-24(9-11-26)25-12-14-27(15-13-25)33(34,35)36)29-17-19-40(23-29)32(42)38(2)28-16-18-39(22-28)20-21-43-30-6-4-3-5-7-30/h3-15,28-29H,16-23H2,1-2H3/t28?,29-/m0/s1. The molecule has 43 heavy (non-hydrogen) atoms. The quantitative estimate of drug-likeness (QED) is 0.276. The Morgan fingerprint density at radius 3 is 2.07 bits per heavy atom. The van der Waals surface area contributed by atoms with Gasteiger partial charge in [0.2, 0.25) is 0 Å². The third-order valence-corrected chi connectivity index (χ3v) is 9.49. The first-order chi connectivity index (χ1) is 20.6. The average molecular weight is 611 g/mol. The van der Waals surface area contributed by atoms with Gasteiger partial charge in [-0.1, -0.05) is 42.5 Å².